The van der Waals surface area contributed by atoms with Crippen LogP contribution < -0.4 is 5.56 Å². The van der Waals surface area contributed by atoms with Gasteiger partial charge < -0.3 is 9.80 Å². The SMILES string of the molecule is O=C(CCCc1ccccc1)N1CCN(C(=O)Cn2nc(-c3ccccc3)ccc2=O)CC1. The number of carbonyl (C=O) groups is 2. The number of benzene rings is 2. The summed E-state index contributed by atoms with van der Waals surface area (Å²) in [5.41, 5.74) is 2.46. The fraction of sp³-hybridized carbons (Fsp3) is 0.308. The van der Waals surface area contributed by atoms with E-state index in [1.54, 1.807) is 11.0 Å². The van der Waals surface area contributed by atoms with Crippen LogP contribution in [0.15, 0.2) is 77.6 Å². The Morgan fingerprint density at radius 2 is 1.36 bits per heavy atom. The van der Waals surface area contributed by atoms with Crippen molar-refractivity contribution in [1.82, 2.24) is 19.6 Å². The van der Waals surface area contributed by atoms with Crippen molar-refractivity contribution in [2.45, 2.75) is 25.8 Å². The molecule has 0 unspecified atom stereocenters. The Labute approximate surface area is 193 Å². The van der Waals surface area contributed by atoms with E-state index in [4.69, 9.17) is 0 Å². The average Bonchev–Trinajstić information content (AvgIpc) is 2.86. The minimum Gasteiger partial charge on any atom is -0.339 e. The Kier molecular flexibility index (Phi) is 7.29. The number of nitrogens with zero attached hydrogens (tertiary/aromatic N) is 4. The van der Waals surface area contributed by atoms with E-state index in [2.05, 4.69) is 17.2 Å². The first-order valence-electron chi connectivity index (χ1n) is 11.3. The maximum absolute atomic E-state index is 12.8. The summed E-state index contributed by atoms with van der Waals surface area (Å²) in [7, 11) is 0. The molecule has 0 bridgehead atoms. The smallest absolute Gasteiger partial charge is 0.267 e. The van der Waals surface area contributed by atoms with E-state index in [1.807, 2.05) is 53.4 Å². The van der Waals surface area contributed by atoms with Gasteiger partial charge in [0, 0.05) is 44.2 Å². The second kappa shape index (κ2) is 10.7. The molecule has 1 fully saturated rings. The first-order chi connectivity index (χ1) is 16.1. The van der Waals surface area contributed by atoms with Crippen molar-refractivity contribution < 1.29 is 9.59 Å². The van der Waals surface area contributed by atoms with Crippen LogP contribution in [-0.4, -0.2) is 57.6 Å². The second-order valence-corrected chi connectivity index (χ2v) is 8.18. The molecule has 2 heterocycles. The Hall–Kier alpha value is -3.74. The lowest BCUT2D eigenvalue weighted by atomic mass is 10.1. The lowest BCUT2D eigenvalue weighted by molar-refractivity contribution is -0.140. The summed E-state index contributed by atoms with van der Waals surface area (Å²) in [6.07, 6.45) is 2.21. The van der Waals surface area contributed by atoms with Crippen LogP contribution in [0.1, 0.15) is 18.4 Å². The Morgan fingerprint density at radius 3 is 2.03 bits per heavy atom. The van der Waals surface area contributed by atoms with Crippen LogP contribution in [-0.2, 0) is 22.6 Å². The van der Waals surface area contributed by atoms with Crippen LogP contribution in [0.2, 0.25) is 0 Å². The largest absolute Gasteiger partial charge is 0.339 e. The summed E-state index contributed by atoms with van der Waals surface area (Å²) < 4.78 is 1.21. The number of amides is 2. The van der Waals surface area contributed by atoms with Crippen molar-refractivity contribution in [3.05, 3.63) is 88.7 Å². The lowest BCUT2D eigenvalue weighted by Gasteiger charge is -2.35. The van der Waals surface area contributed by atoms with E-state index in [9.17, 15) is 14.4 Å². The zero-order valence-corrected chi connectivity index (χ0v) is 18.6. The van der Waals surface area contributed by atoms with Gasteiger partial charge in [-0.15, -0.1) is 0 Å². The maximum Gasteiger partial charge on any atom is 0.267 e. The molecule has 170 valence electrons. The average molecular weight is 445 g/mol. The number of carbonyl (C=O) groups excluding carboxylic acids is 2. The van der Waals surface area contributed by atoms with Gasteiger partial charge in [-0.2, -0.15) is 5.10 Å². The molecule has 0 saturated carbocycles. The molecule has 7 nitrogen and oxygen atoms in total. The summed E-state index contributed by atoms with van der Waals surface area (Å²) in [5, 5.41) is 4.37. The van der Waals surface area contributed by atoms with Gasteiger partial charge in [0.15, 0.2) is 0 Å². The minimum atomic E-state index is -0.310. The van der Waals surface area contributed by atoms with Crippen LogP contribution >= 0.6 is 0 Å². The normalized spacial score (nSPS) is 13.7. The number of piperazine rings is 1. The van der Waals surface area contributed by atoms with Crippen molar-refractivity contribution in [2.75, 3.05) is 26.2 Å². The molecular formula is C26H28N4O3. The first-order valence-corrected chi connectivity index (χ1v) is 11.3. The highest BCUT2D eigenvalue weighted by atomic mass is 16.2. The van der Waals surface area contributed by atoms with Crippen LogP contribution in [0.3, 0.4) is 0 Å². The highest BCUT2D eigenvalue weighted by Gasteiger charge is 2.24. The molecule has 7 heteroatoms. The summed E-state index contributed by atoms with van der Waals surface area (Å²) in [5.74, 6) is -0.0301. The number of aryl methyl sites for hydroxylation is 1. The predicted octanol–water partition coefficient (Wildman–Crippen LogP) is 2.60. The number of hydrogen-bond donors (Lipinski definition) is 0. The molecule has 1 aliphatic rings. The molecule has 0 aliphatic carbocycles. The van der Waals surface area contributed by atoms with Gasteiger partial charge in [0.05, 0.1) is 5.69 Å². The third-order valence-electron chi connectivity index (χ3n) is 5.91. The first kappa shape index (κ1) is 22.5. The van der Waals surface area contributed by atoms with E-state index < -0.39 is 0 Å². The van der Waals surface area contributed by atoms with Gasteiger partial charge in [-0.25, -0.2) is 4.68 Å². The molecule has 0 atom stereocenters. The number of hydrogen-bond acceptors (Lipinski definition) is 4. The van der Waals surface area contributed by atoms with E-state index >= 15 is 0 Å². The number of rotatable bonds is 7. The molecule has 4 rings (SSSR count). The minimum absolute atomic E-state index is 0.107. The van der Waals surface area contributed by atoms with Crippen molar-refractivity contribution in [3.8, 4) is 11.3 Å². The zero-order chi connectivity index (χ0) is 23.0. The van der Waals surface area contributed by atoms with Crippen LogP contribution in [0, 0.1) is 0 Å². The molecule has 0 radical (unpaired) electrons. The van der Waals surface area contributed by atoms with Gasteiger partial charge in [0.1, 0.15) is 6.54 Å². The zero-order valence-electron chi connectivity index (χ0n) is 18.6. The van der Waals surface area contributed by atoms with E-state index in [-0.39, 0.29) is 23.9 Å². The summed E-state index contributed by atoms with van der Waals surface area (Å²) in [6, 6.07) is 22.8. The molecule has 0 spiro atoms. The number of aromatic nitrogens is 2. The summed E-state index contributed by atoms with van der Waals surface area (Å²) >= 11 is 0. The monoisotopic (exact) mass is 444 g/mol. The van der Waals surface area contributed by atoms with Crippen molar-refractivity contribution in [3.63, 3.8) is 0 Å². The van der Waals surface area contributed by atoms with E-state index in [0.29, 0.717) is 38.3 Å². The highest BCUT2D eigenvalue weighted by Crippen LogP contribution is 2.14. The van der Waals surface area contributed by atoms with Crippen LogP contribution in [0.25, 0.3) is 11.3 Å². The molecule has 3 aromatic rings. The highest BCUT2D eigenvalue weighted by molar-refractivity contribution is 5.78. The molecular weight excluding hydrogens is 416 g/mol. The van der Waals surface area contributed by atoms with E-state index in [0.717, 1.165) is 18.4 Å². The van der Waals surface area contributed by atoms with Crippen molar-refractivity contribution >= 4 is 11.8 Å². The summed E-state index contributed by atoms with van der Waals surface area (Å²) in [4.78, 5) is 41.1. The van der Waals surface area contributed by atoms with E-state index in [1.165, 1.54) is 16.3 Å². The molecule has 1 aromatic heterocycles. The third kappa shape index (κ3) is 5.94. The second-order valence-electron chi connectivity index (χ2n) is 8.18. The fourth-order valence-electron chi connectivity index (χ4n) is 4.00. The maximum atomic E-state index is 12.8. The predicted molar refractivity (Wildman–Crippen MR) is 126 cm³/mol. The van der Waals surface area contributed by atoms with Crippen LogP contribution in [0.4, 0.5) is 0 Å². The van der Waals surface area contributed by atoms with Gasteiger partial charge in [0.25, 0.3) is 5.56 Å². The van der Waals surface area contributed by atoms with Crippen LogP contribution in [0.5, 0.6) is 0 Å². The molecule has 1 aliphatic heterocycles. The summed E-state index contributed by atoms with van der Waals surface area (Å²) in [6.45, 7) is 1.86. The molecule has 33 heavy (non-hydrogen) atoms. The quantitative estimate of drug-likeness (QED) is 0.561. The van der Waals surface area contributed by atoms with Gasteiger partial charge in [-0.05, 0) is 24.5 Å². The van der Waals surface area contributed by atoms with Gasteiger partial charge in [-0.1, -0.05) is 60.7 Å². The van der Waals surface area contributed by atoms with Crippen molar-refractivity contribution in [1.29, 1.82) is 0 Å². The van der Waals surface area contributed by atoms with Gasteiger partial charge >= 0.3 is 0 Å². The molecule has 2 aromatic carbocycles. The molecule has 0 N–H and O–H groups in total. The van der Waals surface area contributed by atoms with Crippen molar-refractivity contribution in [2.24, 2.45) is 0 Å². The third-order valence-corrected chi connectivity index (χ3v) is 5.91. The standard InChI is InChI=1S/C26H28N4O3/c31-24(13-7-10-21-8-3-1-4-9-21)28-16-18-29(19-17-28)26(33)20-30-25(32)15-14-23(27-30)22-11-5-2-6-12-22/h1-6,8-9,11-12,14-15H,7,10,13,16-20H2. The Bertz CT molecular complexity index is 1140. The van der Waals surface area contributed by atoms with Gasteiger partial charge in [-0.3, -0.25) is 14.4 Å². The Balaban J connectivity index is 1.27. The Morgan fingerprint density at radius 1 is 0.758 bits per heavy atom. The lowest BCUT2D eigenvalue weighted by Crippen LogP contribution is -2.51. The molecule has 1 saturated heterocycles. The topological polar surface area (TPSA) is 75.5 Å². The van der Waals surface area contributed by atoms with Gasteiger partial charge in [0.2, 0.25) is 11.8 Å². The molecule has 2 amide bonds. The fourth-order valence-corrected chi connectivity index (χ4v) is 4.00.